The molecule has 0 amide bonds. The van der Waals surface area contributed by atoms with Gasteiger partial charge in [-0.15, -0.1) is 0 Å². The Balaban J connectivity index is 1.50. The van der Waals surface area contributed by atoms with Gasteiger partial charge in [0.2, 0.25) is 0 Å². The van der Waals surface area contributed by atoms with Crippen molar-refractivity contribution in [2.24, 2.45) is 0 Å². The molecule has 3 rings (SSSR count). The number of hydrogen-bond donors (Lipinski definition) is 0. The minimum atomic E-state index is -0.650. The second-order valence-corrected chi connectivity index (χ2v) is 4.94. The van der Waals surface area contributed by atoms with Gasteiger partial charge in [0.05, 0.1) is 19.8 Å². The van der Waals surface area contributed by atoms with E-state index < -0.39 is 6.29 Å². The lowest BCUT2D eigenvalue weighted by atomic mass is 10.2. The average Bonchev–Trinajstić information content (AvgIpc) is 2.55. The Hall–Kier alpha value is -1.75. The smallest absolute Gasteiger partial charge is 0.186 e. The largest absolute Gasteiger partial charge is 0.369 e. The van der Waals surface area contributed by atoms with Crippen LogP contribution >= 0.6 is 0 Å². The van der Waals surface area contributed by atoms with Crippen LogP contribution in [0.25, 0.3) is 0 Å². The zero-order valence-corrected chi connectivity index (χ0v) is 11.6. The first-order valence-electron chi connectivity index (χ1n) is 6.96. The predicted molar refractivity (Wildman–Crippen MR) is 76.1 cm³/mol. The Kier molecular flexibility index (Phi) is 4.60. The molecule has 3 nitrogen and oxygen atoms in total. The number of rotatable bonds is 4. The molecule has 0 aromatic heterocycles. The van der Waals surface area contributed by atoms with E-state index in [1.807, 2.05) is 30.3 Å². The molecule has 21 heavy (non-hydrogen) atoms. The van der Waals surface area contributed by atoms with Gasteiger partial charge in [-0.05, 0) is 11.6 Å². The average molecular weight is 288 g/mol. The highest BCUT2D eigenvalue weighted by Crippen LogP contribution is 2.26. The zero-order valence-electron chi connectivity index (χ0n) is 11.6. The Morgan fingerprint density at radius 1 is 0.952 bits per heavy atom. The molecule has 1 aliphatic rings. The van der Waals surface area contributed by atoms with Crippen LogP contribution in [-0.4, -0.2) is 19.3 Å². The molecular formula is C17H17FO3. The fourth-order valence-electron chi connectivity index (χ4n) is 2.22. The lowest BCUT2D eigenvalue weighted by Crippen LogP contribution is -2.33. The summed E-state index contributed by atoms with van der Waals surface area (Å²) in [6.07, 6.45) is -0.781. The molecule has 0 saturated carbocycles. The standard InChI is InChI=1S/C17H17FO3/c18-16-9-5-4-8-15(16)17-20-11-14(12-21-17)19-10-13-6-2-1-3-7-13/h1-9,14,17H,10-12H2. The molecule has 0 atom stereocenters. The molecule has 2 aromatic carbocycles. The second kappa shape index (κ2) is 6.80. The summed E-state index contributed by atoms with van der Waals surface area (Å²) in [4.78, 5) is 0. The van der Waals surface area contributed by atoms with Crippen molar-refractivity contribution in [3.05, 3.63) is 71.5 Å². The fourth-order valence-corrected chi connectivity index (χ4v) is 2.22. The number of hydrogen-bond acceptors (Lipinski definition) is 3. The Morgan fingerprint density at radius 3 is 2.33 bits per heavy atom. The van der Waals surface area contributed by atoms with Crippen LogP contribution in [0.2, 0.25) is 0 Å². The highest BCUT2D eigenvalue weighted by atomic mass is 19.1. The van der Waals surface area contributed by atoms with Crippen molar-refractivity contribution in [1.29, 1.82) is 0 Å². The number of benzene rings is 2. The Morgan fingerprint density at radius 2 is 1.62 bits per heavy atom. The van der Waals surface area contributed by atoms with Crippen LogP contribution in [0.15, 0.2) is 54.6 Å². The maximum Gasteiger partial charge on any atom is 0.186 e. The van der Waals surface area contributed by atoms with E-state index in [9.17, 15) is 4.39 Å². The minimum Gasteiger partial charge on any atom is -0.369 e. The fraction of sp³-hybridized carbons (Fsp3) is 0.294. The normalized spacial score (nSPS) is 22.1. The lowest BCUT2D eigenvalue weighted by Gasteiger charge is -2.29. The van der Waals surface area contributed by atoms with Crippen molar-refractivity contribution < 1.29 is 18.6 Å². The van der Waals surface area contributed by atoms with Crippen molar-refractivity contribution in [1.82, 2.24) is 0 Å². The SMILES string of the molecule is Fc1ccccc1C1OCC(OCc2ccccc2)CO1. The first-order chi connectivity index (χ1) is 10.3. The summed E-state index contributed by atoms with van der Waals surface area (Å²) in [6.45, 7) is 1.31. The molecule has 4 heteroatoms. The minimum absolute atomic E-state index is 0.131. The van der Waals surface area contributed by atoms with Crippen LogP contribution < -0.4 is 0 Å². The van der Waals surface area contributed by atoms with Gasteiger partial charge in [0.1, 0.15) is 11.9 Å². The third-order valence-corrected chi connectivity index (χ3v) is 3.35. The van der Waals surface area contributed by atoms with Crippen molar-refractivity contribution in [3.63, 3.8) is 0 Å². The first kappa shape index (κ1) is 14.2. The van der Waals surface area contributed by atoms with Gasteiger partial charge in [-0.3, -0.25) is 0 Å². The van der Waals surface area contributed by atoms with Gasteiger partial charge in [-0.2, -0.15) is 0 Å². The second-order valence-electron chi connectivity index (χ2n) is 4.94. The number of halogens is 1. The molecule has 0 N–H and O–H groups in total. The van der Waals surface area contributed by atoms with Gasteiger partial charge >= 0.3 is 0 Å². The summed E-state index contributed by atoms with van der Waals surface area (Å²) < 4.78 is 30.5. The van der Waals surface area contributed by atoms with E-state index in [2.05, 4.69) is 0 Å². The van der Waals surface area contributed by atoms with Crippen LogP contribution in [0.1, 0.15) is 17.4 Å². The summed E-state index contributed by atoms with van der Waals surface area (Å²) >= 11 is 0. The van der Waals surface area contributed by atoms with E-state index in [4.69, 9.17) is 14.2 Å². The van der Waals surface area contributed by atoms with Crippen LogP contribution in [-0.2, 0) is 20.8 Å². The van der Waals surface area contributed by atoms with Crippen molar-refractivity contribution >= 4 is 0 Å². The summed E-state index contributed by atoms with van der Waals surface area (Å²) in [6, 6.07) is 16.4. The monoisotopic (exact) mass is 288 g/mol. The van der Waals surface area contributed by atoms with E-state index >= 15 is 0 Å². The van der Waals surface area contributed by atoms with Crippen molar-refractivity contribution in [2.45, 2.75) is 19.0 Å². The van der Waals surface area contributed by atoms with Gasteiger partial charge in [-0.1, -0.05) is 48.5 Å². The molecule has 110 valence electrons. The number of ether oxygens (including phenoxy) is 3. The molecule has 1 heterocycles. The lowest BCUT2D eigenvalue weighted by molar-refractivity contribution is -0.233. The van der Waals surface area contributed by atoms with Gasteiger partial charge in [0.15, 0.2) is 6.29 Å². The van der Waals surface area contributed by atoms with Gasteiger partial charge in [0.25, 0.3) is 0 Å². The molecule has 0 bridgehead atoms. The van der Waals surface area contributed by atoms with E-state index in [-0.39, 0.29) is 11.9 Å². The van der Waals surface area contributed by atoms with E-state index in [1.54, 1.807) is 18.2 Å². The summed E-state index contributed by atoms with van der Waals surface area (Å²) in [7, 11) is 0. The predicted octanol–water partition coefficient (Wildman–Crippen LogP) is 3.46. The van der Waals surface area contributed by atoms with Crippen molar-refractivity contribution in [2.75, 3.05) is 13.2 Å². The highest BCUT2D eigenvalue weighted by Gasteiger charge is 2.25. The molecular weight excluding hydrogens is 271 g/mol. The highest BCUT2D eigenvalue weighted by molar-refractivity contribution is 5.18. The van der Waals surface area contributed by atoms with E-state index in [1.165, 1.54) is 6.07 Å². The maximum absolute atomic E-state index is 13.6. The van der Waals surface area contributed by atoms with Gasteiger partial charge in [0, 0.05) is 5.56 Å². The van der Waals surface area contributed by atoms with Crippen LogP contribution in [0.3, 0.4) is 0 Å². The van der Waals surface area contributed by atoms with Gasteiger partial charge in [-0.25, -0.2) is 4.39 Å². The summed E-state index contributed by atoms with van der Waals surface area (Å²) in [5, 5.41) is 0. The Labute approximate surface area is 123 Å². The molecule has 1 aliphatic heterocycles. The Bertz CT molecular complexity index is 565. The molecule has 0 radical (unpaired) electrons. The zero-order chi connectivity index (χ0) is 14.5. The summed E-state index contributed by atoms with van der Waals surface area (Å²) in [5.74, 6) is -0.314. The first-order valence-corrected chi connectivity index (χ1v) is 6.96. The van der Waals surface area contributed by atoms with Crippen LogP contribution in [0.4, 0.5) is 4.39 Å². The molecule has 0 spiro atoms. The van der Waals surface area contributed by atoms with E-state index in [0.29, 0.717) is 25.4 Å². The van der Waals surface area contributed by atoms with Gasteiger partial charge < -0.3 is 14.2 Å². The third kappa shape index (κ3) is 3.67. The van der Waals surface area contributed by atoms with Crippen LogP contribution in [0.5, 0.6) is 0 Å². The van der Waals surface area contributed by atoms with Crippen LogP contribution in [0, 0.1) is 5.82 Å². The maximum atomic E-state index is 13.6. The quantitative estimate of drug-likeness (QED) is 0.862. The van der Waals surface area contributed by atoms with E-state index in [0.717, 1.165) is 5.56 Å². The third-order valence-electron chi connectivity index (χ3n) is 3.35. The molecule has 2 aromatic rings. The topological polar surface area (TPSA) is 27.7 Å². The molecule has 1 saturated heterocycles. The van der Waals surface area contributed by atoms with Crippen molar-refractivity contribution in [3.8, 4) is 0 Å². The summed E-state index contributed by atoms with van der Waals surface area (Å²) in [5.41, 5.74) is 1.53. The molecule has 0 aliphatic carbocycles. The molecule has 0 unspecified atom stereocenters. The molecule has 1 fully saturated rings.